The number of urea groups is 1. The number of nitrogens with zero attached hydrogens (tertiary/aromatic N) is 2. The van der Waals surface area contributed by atoms with Gasteiger partial charge in [0.05, 0.1) is 17.5 Å². The SMILES string of the molecule is O=C(NOCC(O)CN1CCCCC1)N(c1ccccc1)c1ccccc1. The van der Waals surface area contributed by atoms with E-state index in [1.165, 1.54) is 24.2 Å². The number of hydrogen-bond acceptors (Lipinski definition) is 4. The third-order valence-electron chi connectivity index (χ3n) is 4.58. The summed E-state index contributed by atoms with van der Waals surface area (Å²) in [7, 11) is 0. The minimum atomic E-state index is -0.634. The van der Waals surface area contributed by atoms with Crippen molar-refractivity contribution in [1.29, 1.82) is 0 Å². The summed E-state index contributed by atoms with van der Waals surface area (Å²) < 4.78 is 0. The molecule has 1 aliphatic rings. The molecule has 0 aliphatic carbocycles. The van der Waals surface area contributed by atoms with Gasteiger partial charge in [-0.15, -0.1) is 0 Å². The van der Waals surface area contributed by atoms with Crippen molar-refractivity contribution in [2.75, 3.05) is 31.1 Å². The fourth-order valence-corrected chi connectivity index (χ4v) is 3.28. The molecule has 3 rings (SSSR count). The number of hydroxylamine groups is 1. The lowest BCUT2D eigenvalue weighted by molar-refractivity contribution is -0.0162. The molecule has 2 N–H and O–H groups in total. The van der Waals surface area contributed by atoms with E-state index in [2.05, 4.69) is 10.4 Å². The van der Waals surface area contributed by atoms with Crippen LogP contribution in [0.1, 0.15) is 19.3 Å². The van der Waals surface area contributed by atoms with Crippen LogP contribution in [0.4, 0.5) is 16.2 Å². The summed E-state index contributed by atoms with van der Waals surface area (Å²) in [6.45, 7) is 2.65. The van der Waals surface area contributed by atoms with Crippen LogP contribution in [0.5, 0.6) is 0 Å². The Balaban J connectivity index is 1.55. The summed E-state index contributed by atoms with van der Waals surface area (Å²) in [5.74, 6) is 0. The minimum absolute atomic E-state index is 0.0552. The van der Waals surface area contributed by atoms with Crippen molar-refractivity contribution in [3.8, 4) is 0 Å². The fourth-order valence-electron chi connectivity index (χ4n) is 3.28. The molecule has 1 fully saturated rings. The normalized spacial score (nSPS) is 15.9. The number of carbonyl (C=O) groups excluding carboxylic acids is 1. The highest BCUT2D eigenvalue weighted by molar-refractivity contribution is 5.98. The van der Waals surface area contributed by atoms with E-state index in [0.29, 0.717) is 6.54 Å². The molecular formula is C21H27N3O3. The molecule has 0 aromatic heterocycles. The van der Waals surface area contributed by atoms with Gasteiger partial charge in [0.15, 0.2) is 0 Å². The van der Waals surface area contributed by atoms with Crippen molar-refractivity contribution in [3.63, 3.8) is 0 Å². The number of likely N-dealkylation sites (tertiary alicyclic amines) is 1. The molecule has 2 amide bonds. The number of carbonyl (C=O) groups is 1. The number of nitrogens with one attached hydrogen (secondary N) is 1. The Kier molecular flexibility index (Phi) is 7.21. The van der Waals surface area contributed by atoms with Gasteiger partial charge < -0.3 is 10.0 Å². The first-order valence-electron chi connectivity index (χ1n) is 9.46. The molecule has 6 heteroatoms. The number of hydrogen-bond donors (Lipinski definition) is 2. The molecule has 0 saturated carbocycles. The zero-order valence-electron chi connectivity index (χ0n) is 15.5. The number of β-amino-alcohol motifs (C(OH)–C–C–N with tert-alkyl or cyclic N) is 1. The average molecular weight is 369 g/mol. The molecule has 144 valence electrons. The maximum atomic E-state index is 12.7. The summed E-state index contributed by atoms with van der Waals surface area (Å²) in [6, 6.07) is 18.3. The highest BCUT2D eigenvalue weighted by Gasteiger charge is 2.19. The quantitative estimate of drug-likeness (QED) is 0.735. The van der Waals surface area contributed by atoms with Crippen LogP contribution < -0.4 is 10.4 Å². The van der Waals surface area contributed by atoms with E-state index in [9.17, 15) is 9.90 Å². The average Bonchev–Trinajstić information content (AvgIpc) is 2.70. The Hall–Kier alpha value is -2.41. The monoisotopic (exact) mass is 369 g/mol. The second-order valence-corrected chi connectivity index (χ2v) is 6.74. The largest absolute Gasteiger partial charge is 0.389 e. The van der Waals surface area contributed by atoms with E-state index in [4.69, 9.17) is 4.84 Å². The number of amides is 2. The second kappa shape index (κ2) is 10.1. The Labute approximate surface area is 160 Å². The van der Waals surface area contributed by atoms with Gasteiger partial charge in [0.1, 0.15) is 6.61 Å². The molecule has 0 spiro atoms. The number of aliphatic hydroxyl groups excluding tert-OH is 1. The first-order valence-corrected chi connectivity index (χ1v) is 9.46. The van der Waals surface area contributed by atoms with Gasteiger partial charge in [-0.25, -0.2) is 10.3 Å². The van der Waals surface area contributed by atoms with Crippen LogP contribution >= 0.6 is 0 Å². The number of benzene rings is 2. The first-order chi connectivity index (χ1) is 13.2. The molecule has 1 atom stereocenters. The molecule has 1 aliphatic heterocycles. The summed E-state index contributed by atoms with van der Waals surface area (Å²) in [5.41, 5.74) is 3.93. The lowest BCUT2D eigenvalue weighted by atomic mass is 10.1. The Morgan fingerprint density at radius 2 is 1.56 bits per heavy atom. The van der Waals surface area contributed by atoms with Crippen molar-refractivity contribution in [3.05, 3.63) is 60.7 Å². The summed E-state index contributed by atoms with van der Waals surface area (Å²) in [6.07, 6.45) is 2.97. The predicted octanol–water partition coefficient (Wildman–Crippen LogP) is 3.31. The van der Waals surface area contributed by atoms with Crippen LogP contribution in [0.2, 0.25) is 0 Å². The van der Waals surface area contributed by atoms with Gasteiger partial charge in [0, 0.05) is 6.54 Å². The van der Waals surface area contributed by atoms with E-state index >= 15 is 0 Å². The lowest BCUT2D eigenvalue weighted by Gasteiger charge is -2.28. The fraction of sp³-hybridized carbons (Fsp3) is 0.381. The molecule has 1 unspecified atom stereocenters. The molecule has 0 bridgehead atoms. The zero-order chi connectivity index (χ0) is 18.9. The third-order valence-corrected chi connectivity index (χ3v) is 4.58. The van der Waals surface area contributed by atoms with Crippen molar-refractivity contribution >= 4 is 17.4 Å². The number of rotatable bonds is 7. The number of anilines is 2. The van der Waals surface area contributed by atoms with Crippen LogP contribution in [-0.4, -0.2) is 48.4 Å². The van der Waals surface area contributed by atoms with Gasteiger partial charge in [0.2, 0.25) is 0 Å². The van der Waals surface area contributed by atoms with Crippen LogP contribution in [0.25, 0.3) is 0 Å². The highest BCUT2D eigenvalue weighted by Crippen LogP contribution is 2.24. The lowest BCUT2D eigenvalue weighted by Crippen LogP contribution is -2.41. The Morgan fingerprint density at radius 3 is 2.11 bits per heavy atom. The van der Waals surface area contributed by atoms with Crippen LogP contribution in [-0.2, 0) is 4.84 Å². The second-order valence-electron chi connectivity index (χ2n) is 6.74. The van der Waals surface area contributed by atoms with Crippen LogP contribution in [0.15, 0.2) is 60.7 Å². The van der Waals surface area contributed by atoms with Gasteiger partial charge in [-0.2, -0.15) is 0 Å². The maximum Gasteiger partial charge on any atom is 0.350 e. The van der Waals surface area contributed by atoms with Gasteiger partial charge in [-0.05, 0) is 50.2 Å². The van der Waals surface area contributed by atoms with Crippen LogP contribution in [0.3, 0.4) is 0 Å². The molecule has 27 heavy (non-hydrogen) atoms. The minimum Gasteiger partial charge on any atom is -0.389 e. The number of para-hydroxylation sites is 2. The third kappa shape index (κ3) is 5.79. The van der Waals surface area contributed by atoms with Gasteiger partial charge in [-0.3, -0.25) is 9.74 Å². The van der Waals surface area contributed by atoms with E-state index in [1.54, 1.807) is 0 Å². The molecule has 1 saturated heterocycles. The maximum absolute atomic E-state index is 12.7. The number of aliphatic hydroxyl groups is 1. The van der Waals surface area contributed by atoms with Crippen LogP contribution in [0, 0.1) is 0 Å². The summed E-state index contributed by atoms with van der Waals surface area (Å²) >= 11 is 0. The van der Waals surface area contributed by atoms with Crippen molar-refractivity contribution in [2.24, 2.45) is 0 Å². The molecule has 6 nitrogen and oxygen atoms in total. The summed E-state index contributed by atoms with van der Waals surface area (Å²) in [5, 5.41) is 10.2. The van der Waals surface area contributed by atoms with E-state index in [0.717, 1.165) is 24.5 Å². The number of piperidine rings is 1. The molecule has 1 heterocycles. The van der Waals surface area contributed by atoms with E-state index in [-0.39, 0.29) is 6.61 Å². The van der Waals surface area contributed by atoms with Crippen molar-refractivity contribution in [2.45, 2.75) is 25.4 Å². The standard InChI is InChI=1S/C21H27N3O3/c25-20(16-23-14-8-3-9-15-23)17-27-22-21(26)24(18-10-4-1-5-11-18)19-12-6-2-7-13-19/h1-2,4-7,10-13,20,25H,3,8-9,14-17H2,(H,22,26). The van der Waals surface area contributed by atoms with Crippen molar-refractivity contribution in [1.82, 2.24) is 10.4 Å². The van der Waals surface area contributed by atoms with E-state index in [1.807, 2.05) is 60.7 Å². The first kappa shape index (κ1) is 19.4. The molecule has 0 radical (unpaired) electrons. The molecule has 2 aromatic rings. The van der Waals surface area contributed by atoms with Gasteiger partial charge in [-0.1, -0.05) is 42.8 Å². The van der Waals surface area contributed by atoms with Gasteiger partial charge >= 0.3 is 6.03 Å². The van der Waals surface area contributed by atoms with Crippen molar-refractivity contribution < 1.29 is 14.7 Å². The molecular weight excluding hydrogens is 342 g/mol. The zero-order valence-corrected chi connectivity index (χ0v) is 15.5. The highest BCUT2D eigenvalue weighted by atomic mass is 16.7. The topological polar surface area (TPSA) is 65.0 Å². The predicted molar refractivity (Wildman–Crippen MR) is 106 cm³/mol. The summed E-state index contributed by atoms with van der Waals surface area (Å²) in [4.78, 5) is 21.8. The Morgan fingerprint density at radius 1 is 1.00 bits per heavy atom. The molecule has 2 aromatic carbocycles. The Bertz CT molecular complexity index is 651. The van der Waals surface area contributed by atoms with E-state index < -0.39 is 12.1 Å². The van der Waals surface area contributed by atoms with Gasteiger partial charge in [0.25, 0.3) is 0 Å². The smallest absolute Gasteiger partial charge is 0.350 e.